The number of pyridine rings is 1. The standard InChI is InChI=1S/C16H20N2O2.C15H18N2O.C13H24N4O2.C2HF3O2/c1-5-6-12(3)16(19)20-10-18-9-14-8-11(2)7-13(4)15(14)17-18;1-17-8-6-11(7-9-17)13-10-12-4-2-3-5-14(12)16-15(13)18;1-15-4-2-12(3-5-15)16-6-8-17(9-7-16)13(19)10-14-11-18;3-2(4,5)1(6)7/h5,7-9,12H,1,6,10H2,2-4H3;2-5,10-11H,6-9H2,1H3,(H,16,18);11-12H,2-10H2,1H3,(H,14,18);(H,6,7). The number of fused-ring (bicyclic) bond motifs is 2. The van der Waals surface area contributed by atoms with Gasteiger partial charge in [-0.1, -0.05) is 42.8 Å². The number of alkyl halides is 3. The number of carboxylic acid groups (broad SMARTS) is 1. The fraction of sp³-hybridized carbons (Fsp3) is 0.522. The van der Waals surface area contributed by atoms with E-state index in [0.29, 0.717) is 24.8 Å². The number of piperazine rings is 1. The summed E-state index contributed by atoms with van der Waals surface area (Å²) in [6.07, 6.45) is 4.37. The normalized spacial score (nSPS) is 17.2. The maximum Gasteiger partial charge on any atom is 0.490 e. The first-order valence-electron chi connectivity index (χ1n) is 21.6. The number of halogens is 3. The topological polar surface area (TPSA) is 173 Å². The fourth-order valence-corrected chi connectivity index (χ4v) is 7.95. The first kappa shape index (κ1) is 51.0. The second-order valence-corrected chi connectivity index (χ2v) is 16.7. The number of nitrogens with zero attached hydrogens (tertiary/aromatic N) is 6. The van der Waals surface area contributed by atoms with Crippen molar-refractivity contribution in [3.63, 3.8) is 0 Å². The van der Waals surface area contributed by atoms with Crippen molar-refractivity contribution >= 4 is 46.1 Å². The molecule has 3 saturated heterocycles. The third kappa shape index (κ3) is 15.6. The molecule has 3 aliphatic heterocycles. The van der Waals surface area contributed by atoms with Gasteiger partial charge in [-0.3, -0.25) is 24.1 Å². The van der Waals surface area contributed by atoms with E-state index in [1.54, 1.807) is 10.8 Å². The lowest BCUT2D eigenvalue weighted by Gasteiger charge is -2.42. The number of H-pyrrole nitrogens is 1. The molecule has 0 spiro atoms. The van der Waals surface area contributed by atoms with Crippen LogP contribution in [0.25, 0.3) is 21.8 Å². The van der Waals surface area contributed by atoms with Crippen molar-refractivity contribution in [1.29, 1.82) is 0 Å². The Morgan fingerprint density at radius 2 is 1.56 bits per heavy atom. The van der Waals surface area contributed by atoms with E-state index in [-0.39, 0.29) is 36.6 Å². The average molecular weight is 897 g/mol. The van der Waals surface area contributed by atoms with Crippen molar-refractivity contribution in [3.05, 3.63) is 88.4 Å². The SMILES string of the molecule is C=CCC(C)C(=O)OCn1cc2cc(C)cc(C)c2n1.CN1CCC(N2CCN(C(=O)CNC=O)CC2)CC1.CN1CCC(c2cc3ccccc3[nH]c2=O)CC1.O=C(O)C(F)(F)F. The first-order chi connectivity index (χ1) is 30.4. The number of rotatable bonds is 10. The number of para-hydroxylation sites is 1. The number of benzene rings is 2. The predicted octanol–water partition coefficient (Wildman–Crippen LogP) is 5.31. The number of piperidine rings is 2. The van der Waals surface area contributed by atoms with Crippen LogP contribution in [0, 0.1) is 19.8 Å². The molecular weight excluding hydrogens is 834 g/mol. The van der Waals surface area contributed by atoms with Gasteiger partial charge in [0, 0.05) is 54.9 Å². The number of hydrogen-bond donors (Lipinski definition) is 3. The molecule has 2 aromatic carbocycles. The Hall–Kier alpha value is -5.59. The summed E-state index contributed by atoms with van der Waals surface area (Å²) in [5, 5.41) is 16.2. The molecule has 2 aromatic heterocycles. The van der Waals surface area contributed by atoms with Gasteiger partial charge in [0.1, 0.15) is 0 Å². The van der Waals surface area contributed by atoms with E-state index in [9.17, 15) is 32.3 Å². The molecule has 7 rings (SSSR count). The van der Waals surface area contributed by atoms with Crippen molar-refractivity contribution in [2.45, 2.75) is 77.7 Å². The molecule has 15 nitrogen and oxygen atoms in total. The lowest BCUT2D eigenvalue weighted by atomic mass is 9.90. The Balaban J connectivity index is 0.000000196. The lowest BCUT2D eigenvalue weighted by Crippen LogP contribution is -2.55. The number of carbonyl (C=O) groups is 4. The number of aromatic amines is 1. The molecule has 0 saturated carbocycles. The Labute approximate surface area is 372 Å². The summed E-state index contributed by atoms with van der Waals surface area (Å²) in [5.74, 6) is -2.71. The first-order valence-corrected chi connectivity index (χ1v) is 21.6. The molecule has 4 aromatic rings. The van der Waals surface area contributed by atoms with Crippen molar-refractivity contribution in [3.8, 4) is 0 Å². The zero-order valence-electron chi connectivity index (χ0n) is 37.5. The van der Waals surface area contributed by atoms with Gasteiger partial charge in [-0.05, 0) is 121 Å². The minimum Gasteiger partial charge on any atom is -0.475 e. The zero-order chi connectivity index (χ0) is 47.0. The Kier molecular flexibility index (Phi) is 19.5. The summed E-state index contributed by atoms with van der Waals surface area (Å²) in [6.45, 7) is 17.8. The number of carbonyl (C=O) groups excluding carboxylic acids is 3. The van der Waals surface area contributed by atoms with Crippen LogP contribution in [-0.2, 0) is 30.6 Å². The molecule has 3 fully saturated rings. The van der Waals surface area contributed by atoms with Gasteiger partial charge in [0.2, 0.25) is 12.3 Å². The van der Waals surface area contributed by atoms with Crippen molar-refractivity contribution < 1.29 is 42.2 Å². The molecule has 0 bridgehead atoms. The van der Waals surface area contributed by atoms with Crippen LogP contribution in [0.3, 0.4) is 0 Å². The van der Waals surface area contributed by atoms with E-state index in [1.165, 1.54) is 31.5 Å². The lowest BCUT2D eigenvalue weighted by molar-refractivity contribution is -0.192. The molecule has 1 unspecified atom stereocenters. The van der Waals surface area contributed by atoms with E-state index in [4.69, 9.17) is 14.6 Å². The van der Waals surface area contributed by atoms with Crippen LogP contribution in [0.4, 0.5) is 13.2 Å². The van der Waals surface area contributed by atoms with E-state index in [1.807, 2.05) is 43.1 Å². The Morgan fingerprint density at radius 3 is 2.16 bits per heavy atom. The highest BCUT2D eigenvalue weighted by atomic mass is 19.4. The highest BCUT2D eigenvalue weighted by molar-refractivity contribution is 5.82. The van der Waals surface area contributed by atoms with Gasteiger partial charge < -0.3 is 34.8 Å². The van der Waals surface area contributed by atoms with Crippen molar-refractivity contribution in [2.24, 2.45) is 5.92 Å². The number of aliphatic carboxylic acids is 1. The number of aryl methyl sites for hydroxylation is 2. The van der Waals surface area contributed by atoms with E-state index in [2.05, 4.69) is 82.0 Å². The second-order valence-electron chi connectivity index (χ2n) is 16.7. The molecular formula is C46H63F3N8O7. The molecule has 0 aliphatic carbocycles. The number of nitrogens with one attached hydrogen (secondary N) is 2. The van der Waals surface area contributed by atoms with Gasteiger partial charge in [-0.2, -0.15) is 18.3 Å². The van der Waals surface area contributed by atoms with Crippen LogP contribution in [0.5, 0.6) is 0 Å². The molecule has 3 aliphatic rings. The molecule has 2 amide bonds. The van der Waals surface area contributed by atoms with Crippen LogP contribution < -0.4 is 10.9 Å². The molecule has 64 heavy (non-hydrogen) atoms. The third-order valence-corrected chi connectivity index (χ3v) is 11.6. The van der Waals surface area contributed by atoms with Gasteiger partial charge in [0.05, 0.1) is 18.0 Å². The molecule has 5 heterocycles. The maximum atomic E-state index is 12.1. The molecule has 3 N–H and O–H groups in total. The summed E-state index contributed by atoms with van der Waals surface area (Å²) < 4.78 is 38.7. The Morgan fingerprint density at radius 1 is 0.953 bits per heavy atom. The van der Waals surface area contributed by atoms with Crippen LogP contribution in [0.1, 0.15) is 61.6 Å². The summed E-state index contributed by atoms with van der Waals surface area (Å²) >= 11 is 0. The van der Waals surface area contributed by atoms with Gasteiger partial charge in [0.25, 0.3) is 5.56 Å². The molecule has 1 atom stereocenters. The average Bonchev–Trinajstić information content (AvgIpc) is 3.69. The summed E-state index contributed by atoms with van der Waals surface area (Å²) in [4.78, 5) is 66.8. The van der Waals surface area contributed by atoms with Crippen molar-refractivity contribution in [2.75, 3.05) is 73.0 Å². The van der Waals surface area contributed by atoms with E-state index < -0.39 is 12.1 Å². The Bertz CT molecular complexity index is 2220. The fourth-order valence-electron chi connectivity index (χ4n) is 7.95. The van der Waals surface area contributed by atoms with Crippen LogP contribution in [0.15, 0.2) is 66.1 Å². The molecule has 350 valence electrons. The third-order valence-electron chi connectivity index (χ3n) is 11.6. The van der Waals surface area contributed by atoms with Gasteiger partial charge in [0.15, 0.2) is 6.73 Å². The summed E-state index contributed by atoms with van der Waals surface area (Å²) in [6, 6.07) is 14.9. The number of esters is 1. The van der Waals surface area contributed by atoms with Crippen LogP contribution in [0.2, 0.25) is 0 Å². The van der Waals surface area contributed by atoms with Crippen LogP contribution in [-0.4, -0.2) is 149 Å². The summed E-state index contributed by atoms with van der Waals surface area (Å²) in [5.41, 5.74) is 5.26. The van der Waals surface area contributed by atoms with Crippen molar-refractivity contribution in [1.82, 2.24) is 39.7 Å². The highest BCUT2D eigenvalue weighted by Crippen LogP contribution is 2.27. The van der Waals surface area contributed by atoms with E-state index in [0.717, 1.165) is 85.0 Å². The number of ether oxygens (including phenoxy) is 1. The molecule has 0 radical (unpaired) electrons. The van der Waals surface area contributed by atoms with Gasteiger partial charge in [-0.15, -0.1) is 6.58 Å². The number of aromatic nitrogens is 3. The van der Waals surface area contributed by atoms with Gasteiger partial charge >= 0.3 is 18.1 Å². The minimum atomic E-state index is -5.08. The highest BCUT2D eigenvalue weighted by Gasteiger charge is 2.38. The van der Waals surface area contributed by atoms with Gasteiger partial charge in [-0.25, -0.2) is 9.48 Å². The predicted molar refractivity (Wildman–Crippen MR) is 240 cm³/mol. The number of likely N-dealkylation sites (tertiary alicyclic amines) is 2. The largest absolute Gasteiger partial charge is 0.490 e. The number of carboxylic acids is 1. The quantitative estimate of drug-likeness (QED) is 0.107. The zero-order valence-corrected chi connectivity index (χ0v) is 37.5. The van der Waals surface area contributed by atoms with E-state index >= 15 is 0 Å². The summed E-state index contributed by atoms with van der Waals surface area (Å²) in [7, 11) is 4.31. The number of hydrogen-bond acceptors (Lipinski definition) is 10. The van der Waals surface area contributed by atoms with Crippen LogP contribution >= 0.6 is 0 Å². The maximum absolute atomic E-state index is 12.1. The second kappa shape index (κ2) is 24.5. The smallest absolute Gasteiger partial charge is 0.475 e. The minimum absolute atomic E-state index is 0.0233. The number of amides is 2. The number of allylic oxidation sites excluding steroid dienone is 1. The monoisotopic (exact) mass is 896 g/mol. The molecule has 18 heteroatoms.